The van der Waals surface area contributed by atoms with Gasteiger partial charge in [0, 0.05) is 37.5 Å². The van der Waals surface area contributed by atoms with Crippen LogP contribution in [0.15, 0.2) is 23.2 Å². The topological polar surface area (TPSA) is 80.0 Å². The first-order valence-corrected chi connectivity index (χ1v) is 9.48. The van der Waals surface area contributed by atoms with Crippen molar-refractivity contribution in [3.63, 3.8) is 0 Å². The molecule has 8 heteroatoms. The van der Waals surface area contributed by atoms with Gasteiger partial charge in [-0.05, 0) is 31.4 Å². The molecule has 3 rings (SSSR count). The number of fused-ring (bicyclic) bond motifs is 1. The Bertz CT molecular complexity index is 690. The molecule has 0 bridgehead atoms. The Balaban J connectivity index is 1.56. The summed E-state index contributed by atoms with van der Waals surface area (Å²) in [7, 11) is 0. The van der Waals surface area contributed by atoms with Crippen molar-refractivity contribution in [2.45, 2.75) is 37.8 Å². The van der Waals surface area contributed by atoms with Crippen molar-refractivity contribution in [1.82, 2.24) is 4.90 Å². The first kappa shape index (κ1) is 18.8. The Morgan fingerprint density at radius 1 is 1.35 bits per heavy atom. The van der Waals surface area contributed by atoms with E-state index in [1.165, 1.54) is 6.07 Å². The summed E-state index contributed by atoms with van der Waals surface area (Å²) < 4.78 is 19.3. The van der Waals surface area contributed by atoms with E-state index in [0.29, 0.717) is 49.7 Å². The summed E-state index contributed by atoms with van der Waals surface area (Å²) in [5, 5.41) is 3.31. The van der Waals surface area contributed by atoms with Gasteiger partial charge in [0.05, 0.1) is 12.2 Å². The first-order chi connectivity index (χ1) is 12.5. The number of amides is 1. The standard InChI is InChI=1S/C18H24ClFN4O2/c19-9-2-1-3-12-26-17(25)24-10-7-18(8-11-24)22-14-6-4-5-13(20)15(14)16(21)23-18/h4-6,22H,1-3,7-12H2,(H2,21,23). The predicted molar refractivity (Wildman–Crippen MR) is 100 cm³/mol. The van der Waals surface area contributed by atoms with Gasteiger partial charge in [-0.15, -0.1) is 11.6 Å². The molecule has 2 aliphatic rings. The number of hydrogen-bond acceptors (Lipinski definition) is 5. The number of benzene rings is 1. The van der Waals surface area contributed by atoms with Crippen LogP contribution in [0.3, 0.4) is 0 Å². The van der Waals surface area contributed by atoms with Gasteiger partial charge in [-0.25, -0.2) is 14.2 Å². The number of halogens is 2. The summed E-state index contributed by atoms with van der Waals surface area (Å²) in [6.45, 7) is 1.43. The molecule has 0 aliphatic carbocycles. The van der Waals surface area contributed by atoms with E-state index < -0.39 is 5.66 Å². The third kappa shape index (κ3) is 4.03. The van der Waals surface area contributed by atoms with Crippen LogP contribution in [0.4, 0.5) is 14.9 Å². The average molecular weight is 383 g/mol. The fourth-order valence-corrected chi connectivity index (χ4v) is 3.56. The van der Waals surface area contributed by atoms with Crippen molar-refractivity contribution in [2.75, 3.05) is 30.9 Å². The molecule has 0 saturated carbocycles. The molecule has 0 aromatic heterocycles. The Hall–Kier alpha value is -2.02. The van der Waals surface area contributed by atoms with E-state index >= 15 is 0 Å². The zero-order valence-electron chi connectivity index (χ0n) is 14.6. The van der Waals surface area contributed by atoms with Gasteiger partial charge in [0.2, 0.25) is 0 Å². The molecule has 1 fully saturated rings. The number of ether oxygens (including phenoxy) is 1. The lowest BCUT2D eigenvalue weighted by molar-refractivity contribution is 0.0852. The number of nitrogens with two attached hydrogens (primary N) is 1. The molecule has 0 radical (unpaired) electrons. The Morgan fingerprint density at radius 3 is 2.85 bits per heavy atom. The molecule has 1 saturated heterocycles. The van der Waals surface area contributed by atoms with Gasteiger partial charge in [0.1, 0.15) is 17.3 Å². The monoisotopic (exact) mass is 382 g/mol. The highest BCUT2D eigenvalue weighted by Gasteiger charge is 2.39. The van der Waals surface area contributed by atoms with Crippen molar-refractivity contribution in [2.24, 2.45) is 10.7 Å². The molecule has 2 heterocycles. The van der Waals surface area contributed by atoms with Crippen LogP contribution in [0.5, 0.6) is 0 Å². The number of hydrogen-bond donors (Lipinski definition) is 2. The van der Waals surface area contributed by atoms with Crippen LogP contribution in [0.2, 0.25) is 0 Å². The molecule has 1 aromatic carbocycles. The molecule has 0 unspecified atom stereocenters. The highest BCUT2D eigenvalue weighted by atomic mass is 35.5. The van der Waals surface area contributed by atoms with Crippen molar-refractivity contribution in [1.29, 1.82) is 0 Å². The third-order valence-corrected chi connectivity index (χ3v) is 5.09. The highest BCUT2D eigenvalue weighted by Crippen LogP contribution is 2.35. The van der Waals surface area contributed by atoms with Crippen molar-refractivity contribution >= 4 is 29.2 Å². The van der Waals surface area contributed by atoms with Crippen LogP contribution in [-0.2, 0) is 4.74 Å². The Labute approximate surface area is 157 Å². The van der Waals surface area contributed by atoms with Crippen LogP contribution in [0, 0.1) is 5.82 Å². The number of amidine groups is 1. The van der Waals surface area contributed by atoms with Gasteiger partial charge in [-0.1, -0.05) is 6.07 Å². The minimum Gasteiger partial charge on any atom is -0.449 e. The van der Waals surface area contributed by atoms with E-state index in [1.807, 2.05) is 0 Å². The number of rotatable bonds is 5. The zero-order valence-corrected chi connectivity index (χ0v) is 15.4. The van der Waals surface area contributed by atoms with Crippen LogP contribution in [0.1, 0.15) is 37.7 Å². The number of aliphatic imine (C=N–C) groups is 1. The molecule has 2 aliphatic heterocycles. The van der Waals surface area contributed by atoms with Gasteiger partial charge in [0.25, 0.3) is 0 Å². The normalized spacial score (nSPS) is 18.1. The lowest BCUT2D eigenvalue weighted by Gasteiger charge is -2.42. The van der Waals surface area contributed by atoms with Gasteiger partial charge in [-0.3, -0.25) is 0 Å². The summed E-state index contributed by atoms with van der Waals surface area (Å²) in [6.07, 6.45) is 3.58. The Kier molecular flexibility index (Phi) is 5.86. The fourth-order valence-electron chi connectivity index (χ4n) is 3.37. The maximum atomic E-state index is 14.0. The smallest absolute Gasteiger partial charge is 0.409 e. The van der Waals surface area contributed by atoms with E-state index in [0.717, 1.165) is 19.3 Å². The second kappa shape index (κ2) is 8.12. The van der Waals surface area contributed by atoms with E-state index in [-0.39, 0.29) is 17.7 Å². The number of alkyl halides is 1. The maximum absolute atomic E-state index is 14.0. The largest absolute Gasteiger partial charge is 0.449 e. The SMILES string of the molecule is NC1=NC2(CCN(C(=O)OCCCCCCl)CC2)Nc2cccc(F)c21. The van der Waals surface area contributed by atoms with Gasteiger partial charge in [-0.2, -0.15) is 0 Å². The molecule has 26 heavy (non-hydrogen) atoms. The minimum absolute atomic E-state index is 0.201. The van der Waals surface area contributed by atoms with Crippen LogP contribution >= 0.6 is 11.6 Å². The Morgan fingerprint density at radius 2 is 2.12 bits per heavy atom. The van der Waals surface area contributed by atoms with Crippen molar-refractivity contribution in [3.05, 3.63) is 29.6 Å². The van der Waals surface area contributed by atoms with Gasteiger partial charge >= 0.3 is 6.09 Å². The predicted octanol–water partition coefficient (Wildman–Crippen LogP) is 3.29. The molecule has 6 nitrogen and oxygen atoms in total. The molecule has 142 valence electrons. The number of carbonyl (C=O) groups excluding carboxylic acids is 1. The molecule has 1 aromatic rings. The minimum atomic E-state index is -0.595. The highest BCUT2D eigenvalue weighted by molar-refractivity contribution is 6.17. The number of nitrogens with one attached hydrogen (secondary N) is 1. The number of anilines is 1. The maximum Gasteiger partial charge on any atom is 0.409 e. The van der Waals surface area contributed by atoms with Crippen LogP contribution < -0.4 is 11.1 Å². The zero-order chi connectivity index (χ0) is 18.6. The second-order valence-corrected chi connectivity index (χ2v) is 7.05. The van der Waals surface area contributed by atoms with Gasteiger partial charge in [0.15, 0.2) is 0 Å². The summed E-state index contributed by atoms with van der Waals surface area (Å²) in [5.74, 6) is 0.444. The molecule has 1 amide bonds. The molecule has 0 atom stereocenters. The number of unbranched alkanes of at least 4 members (excludes halogenated alkanes) is 2. The van der Waals surface area contributed by atoms with Crippen molar-refractivity contribution < 1.29 is 13.9 Å². The number of likely N-dealkylation sites (tertiary alicyclic amines) is 1. The van der Waals surface area contributed by atoms with E-state index in [9.17, 15) is 9.18 Å². The summed E-state index contributed by atoms with van der Waals surface area (Å²) in [6, 6.07) is 4.81. The summed E-state index contributed by atoms with van der Waals surface area (Å²) >= 11 is 5.62. The van der Waals surface area contributed by atoms with E-state index in [4.69, 9.17) is 22.1 Å². The second-order valence-electron chi connectivity index (χ2n) is 6.67. The third-order valence-electron chi connectivity index (χ3n) is 4.82. The van der Waals surface area contributed by atoms with Crippen molar-refractivity contribution in [3.8, 4) is 0 Å². The number of carbonyl (C=O) groups is 1. The first-order valence-electron chi connectivity index (χ1n) is 8.95. The molecule has 1 spiro atoms. The van der Waals surface area contributed by atoms with E-state index in [2.05, 4.69) is 10.3 Å². The molecular formula is C18H24ClFN4O2. The fraction of sp³-hybridized carbons (Fsp3) is 0.556. The lowest BCUT2D eigenvalue weighted by atomic mass is 9.94. The summed E-state index contributed by atoms with van der Waals surface area (Å²) in [5.41, 5.74) is 6.38. The van der Waals surface area contributed by atoms with Gasteiger partial charge < -0.3 is 20.7 Å². The van der Waals surface area contributed by atoms with E-state index in [1.54, 1.807) is 17.0 Å². The summed E-state index contributed by atoms with van der Waals surface area (Å²) in [4.78, 5) is 18.4. The van der Waals surface area contributed by atoms with Crippen LogP contribution in [-0.4, -0.2) is 48.1 Å². The molecule has 3 N–H and O–H groups in total. The molecular weight excluding hydrogens is 359 g/mol. The van der Waals surface area contributed by atoms with Crippen LogP contribution in [0.25, 0.3) is 0 Å². The average Bonchev–Trinajstić information content (AvgIpc) is 2.61. The number of piperidine rings is 1. The number of nitrogens with zero attached hydrogens (tertiary/aromatic N) is 2. The quantitative estimate of drug-likeness (QED) is 0.605. The lowest BCUT2D eigenvalue weighted by Crippen LogP contribution is -2.52.